The molecule has 1 aliphatic rings. The molecule has 1 unspecified atom stereocenters. The maximum absolute atomic E-state index is 5.40. The van der Waals surface area contributed by atoms with Gasteiger partial charge < -0.3 is 5.73 Å². The molecular weight excluding hydrogens is 126 g/mol. The fourth-order valence-corrected chi connectivity index (χ4v) is 3.32. The van der Waals surface area contributed by atoms with E-state index in [0.29, 0.717) is 0 Å². The van der Waals surface area contributed by atoms with E-state index in [1.165, 1.54) is 12.2 Å². The lowest BCUT2D eigenvalue weighted by molar-refractivity contribution is 0.848. The molecule has 2 N–H and O–H groups in total. The van der Waals surface area contributed by atoms with Gasteiger partial charge in [0.1, 0.15) is 0 Å². The largest absolute Gasteiger partial charge is 0.329 e. The van der Waals surface area contributed by atoms with Gasteiger partial charge in [-0.3, -0.25) is 0 Å². The molecule has 0 aromatic heterocycles. The molecule has 0 radical (unpaired) electrons. The quantitative estimate of drug-likeness (QED) is 0.545. The Bertz CT molecular complexity index is 51.7. The van der Waals surface area contributed by atoms with E-state index in [2.05, 4.69) is 0 Å². The fraction of sp³-hybridized carbons (Fsp3) is 1.00. The summed E-state index contributed by atoms with van der Waals surface area (Å²) < 4.78 is 0. The number of hydrogen-bond donors (Lipinski definition) is 1. The monoisotopic (exact) mass is 135 g/mol. The lowest BCUT2D eigenvalue weighted by atomic mass is 10.3. The van der Waals surface area contributed by atoms with Gasteiger partial charge in [-0.25, -0.2) is 0 Å². The molecule has 7 heavy (non-hydrogen) atoms. The first kappa shape index (κ1) is 5.79. The molecule has 0 aliphatic carbocycles. The molecule has 1 atom stereocenters. The van der Waals surface area contributed by atoms with Gasteiger partial charge in [-0.15, -0.1) is 0 Å². The number of rotatable bonds is 1. The van der Waals surface area contributed by atoms with E-state index >= 15 is 0 Å². The predicted octanol–water partition coefficient (Wildman–Crippen LogP) is 1.10. The summed E-state index contributed by atoms with van der Waals surface area (Å²) in [7, 11) is 3.88. The van der Waals surface area contributed by atoms with Gasteiger partial charge in [-0.05, 0) is 6.42 Å². The summed E-state index contributed by atoms with van der Waals surface area (Å²) in [6, 6.07) is 0. The standard InChI is InChI=1S/C4H9NS2/c5-3-4-1-2-6-7-4/h4H,1-3,5H2. The maximum Gasteiger partial charge on any atom is 0.0282 e. The lowest BCUT2D eigenvalue weighted by Crippen LogP contribution is -2.12. The Morgan fingerprint density at radius 3 is 2.86 bits per heavy atom. The first-order chi connectivity index (χ1) is 3.43. The molecular formula is C4H9NS2. The van der Waals surface area contributed by atoms with Crippen LogP contribution in [0.5, 0.6) is 0 Å². The molecule has 42 valence electrons. The highest BCUT2D eigenvalue weighted by Crippen LogP contribution is 2.36. The van der Waals surface area contributed by atoms with E-state index in [-0.39, 0.29) is 0 Å². The van der Waals surface area contributed by atoms with E-state index in [1.54, 1.807) is 0 Å². The zero-order valence-corrected chi connectivity index (χ0v) is 5.73. The highest BCUT2D eigenvalue weighted by molar-refractivity contribution is 8.77. The minimum absolute atomic E-state index is 0.755. The summed E-state index contributed by atoms with van der Waals surface area (Å²) in [4.78, 5) is 0. The molecule has 1 rings (SSSR count). The third-order valence-electron chi connectivity index (χ3n) is 0.990. The Morgan fingerprint density at radius 2 is 2.57 bits per heavy atom. The summed E-state index contributed by atoms with van der Waals surface area (Å²) in [5.74, 6) is 1.30. The Balaban J connectivity index is 2.14. The molecule has 1 fully saturated rings. The minimum atomic E-state index is 0.755. The second-order valence-electron chi connectivity index (χ2n) is 1.56. The van der Waals surface area contributed by atoms with Crippen molar-refractivity contribution in [3.05, 3.63) is 0 Å². The zero-order valence-electron chi connectivity index (χ0n) is 4.09. The summed E-state index contributed by atoms with van der Waals surface area (Å²) in [5, 5.41) is 0.755. The van der Waals surface area contributed by atoms with Gasteiger partial charge in [0.2, 0.25) is 0 Å². The molecule has 0 bridgehead atoms. The normalized spacial score (nSPS) is 31.3. The maximum atomic E-state index is 5.40. The lowest BCUT2D eigenvalue weighted by Gasteiger charge is -1.97. The minimum Gasteiger partial charge on any atom is -0.329 e. The molecule has 0 aromatic rings. The molecule has 0 aromatic carbocycles. The fourth-order valence-electron chi connectivity index (χ4n) is 0.529. The van der Waals surface area contributed by atoms with Crippen LogP contribution in [0.2, 0.25) is 0 Å². The van der Waals surface area contributed by atoms with Gasteiger partial charge in [0, 0.05) is 17.5 Å². The van der Waals surface area contributed by atoms with Gasteiger partial charge in [0.25, 0.3) is 0 Å². The molecule has 1 heterocycles. The van der Waals surface area contributed by atoms with Crippen LogP contribution in [0.3, 0.4) is 0 Å². The van der Waals surface area contributed by atoms with Crippen molar-refractivity contribution in [2.24, 2.45) is 5.73 Å². The van der Waals surface area contributed by atoms with Crippen molar-refractivity contribution in [2.75, 3.05) is 12.3 Å². The van der Waals surface area contributed by atoms with Crippen molar-refractivity contribution < 1.29 is 0 Å². The summed E-state index contributed by atoms with van der Waals surface area (Å²) >= 11 is 0. The van der Waals surface area contributed by atoms with Crippen molar-refractivity contribution in [3.8, 4) is 0 Å². The van der Waals surface area contributed by atoms with Crippen LogP contribution in [0, 0.1) is 0 Å². The van der Waals surface area contributed by atoms with Crippen LogP contribution in [-0.4, -0.2) is 17.5 Å². The highest BCUT2D eigenvalue weighted by Gasteiger charge is 2.13. The second-order valence-corrected chi connectivity index (χ2v) is 4.35. The molecule has 0 saturated carbocycles. The third kappa shape index (κ3) is 1.55. The van der Waals surface area contributed by atoms with E-state index < -0.39 is 0 Å². The van der Waals surface area contributed by atoms with E-state index in [9.17, 15) is 0 Å². The molecule has 1 aliphatic heterocycles. The van der Waals surface area contributed by atoms with Crippen LogP contribution in [0.25, 0.3) is 0 Å². The Labute approximate surface area is 51.8 Å². The molecule has 0 amide bonds. The van der Waals surface area contributed by atoms with E-state index in [0.717, 1.165) is 11.8 Å². The van der Waals surface area contributed by atoms with Crippen molar-refractivity contribution in [1.82, 2.24) is 0 Å². The van der Waals surface area contributed by atoms with Gasteiger partial charge in [0.05, 0.1) is 0 Å². The molecule has 1 nitrogen and oxygen atoms in total. The summed E-state index contributed by atoms with van der Waals surface area (Å²) in [6.07, 6.45) is 1.31. The first-order valence-electron chi connectivity index (χ1n) is 2.42. The van der Waals surface area contributed by atoms with Gasteiger partial charge in [-0.1, -0.05) is 21.6 Å². The van der Waals surface area contributed by atoms with Crippen molar-refractivity contribution in [3.63, 3.8) is 0 Å². The van der Waals surface area contributed by atoms with Crippen molar-refractivity contribution in [2.45, 2.75) is 11.7 Å². The predicted molar refractivity (Wildman–Crippen MR) is 37.5 cm³/mol. The summed E-state index contributed by atoms with van der Waals surface area (Å²) in [6.45, 7) is 0.859. The van der Waals surface area contributed by atoms with Crippen LogP contribution in [0.4, 0.5) is 0 Å². The summed E-state index contributed by atoms with van der Waals surface area (Å²) in [5.41, 5.74) is 5.40. The van der Waals surface area contributed by atoms with Gasteiger partial charge in [-0.2, -0.15) is 0 Å². The Morgan fingerprint density at radius 1 is 1.71 bits per heavy atom. The second kappa shape index (κ2) is 2.84. The zero-order chi connectivity index (χ0) is 5.11. The van der Waals surface area contributed by atoms with Crippen LogP contribution in [0.15, 0.2) is 0 Å². The first-order valence-corrected chi connectivity index (χ1v) is 4.80. The molecule has 3 heteroatoms. The third-order valence-corrected chi connectivity index (χ3v) is 3.95. The highest BCUT2D eigenvalue weighted by atomic mass is 33.1. The average molecular weight is 135 g/mol. The Kier molecular flexibility index (Phi) is 2.35. The van der Waals surface area contributed by atoms with Crippen LogP contribution >= 0.6 is 21.6 Å². The topological polar surface area (TPSA) is 26.0 Å². The van der Waals surface area contributed by atoms with Crippen molar-refractivity contribution >= 4 is 21.6 Å². The average Bonchev–Trinajstić information content (AvgIpc) is 2.14. The van der Waals surface area contributed by atoms with E-state index in [1.807, 2.05) is 21.6 Å². The SMILES string of the molecule is NCC1CCSS1. The van der Waals surface area contributed by atoms with Crippen molar-refractivity contribution in [1.29, 1.82) is 0 Å². The van der Waals surface area contributed by atoms with Crippen LogP contribution in [-0.2, 0) is 0 Å². The number of nitrogens with two attached hydrogens (primary N) is 1. The Hall–Kier alpha value is 0.660. The van der Waals surface area contributed by atoms with E-state index in [4.69, 9.17) is 5.73 Å². The van der Waals surface area contributed by atoms with Crippen LogP contribution < -0.4 is 5.73 Å². The van der Waals surface area contributed by atoms with Gasteiger partial charge >= 0.3 is 0 Å². The molecule has 1 saturated heterocycles. The smallest absolute Gasteiger partial charge is 0.0282 e. The number of hydrogen-bond acceptors (Lipinski definition) is 3. The van der Waals surface area contributed by atoms with Gasteiger partial charge in [0.15, 0.2) is 0 Å². The van der Waals surface area contributed by atoms with Crippen LogP contribution in [0.1, 0.15) is 6.42 Å². The molecule has 0 spiro atoms.